The van der Waals surface area contributed by atoms with Crippen LogP contribution in [0.2, 0.25) is 0 Å². The molecule has 17 heavy (non-hydrogen) atoms. The predicted molar refractivity (Wildman–Crippen MR) is 67.6 cm³/mol. The fourth-order valence-electron chi connectivity index (χ4n) is 2.25. The van der Waals surface area contributed by atoms with E-state index < -0.39 is 5.76 Å². The van der Waals surface area contributed by atoms with Crippen LogP contribution in [-0.4, -0.2) is 18.3 Å². The van der Waals surface area contributed by atoms with Gasteiger partial charge in [0.1, 0.15) is 0 Å². The van der Waals surface area contributed by atoms with E-state index in [4.69, 9.17) is 0 Å². The molecule has 1 aliphatic heterocycles. The van der Waals surface area contributed by atoms with Gasteiger partial charge in [0.15, 0.2) is 0 Å². The zero-order valence-electron chi connectivity index (χ0n) is 9.66. The van der Waals surface area contributed by atoms with E-state index in [2.05, 4.69) is 5.32 Å². The lowest BCUT2D eigenvalue weighted by Gasteiger charge is -2.24. The average Bonchev–Trinajstić information content (AvgIpc) is 2.32. The van der Waals surface area contributed by atoms with Crippen LogP contribution in [0.25, 0.3) is 0 Å². The molecule has 1 atom stereocenters. The highest BCUT2D eigenvalue weighted by Crippen LogP contribution is 2.29. The first-order valence-electron chi connectivity index (χ1n) is 6.02. The first kappa shape index (κ1) is 12.8. The number of hydrogen-bond acceptors (Lipinski definition) is 2. The highest BCUT2D eigenvalue weighted by Gasteiger charge is 2.16. The van der Waals surface area contributed by atoms with Crippen LogP contribution in [0.4, 0.5) is 8.78 Å². The molecule has 0 aliphatic carbocycles. The van der Waals surface area contributed by atoms with Crippen LogP contribution in [-0.2, 0) is 6.42 Å². The number of halogens is 2. The van der Waals surface area contributed by atoms with E-state index in [1.807, 2.05) is 18.2 Å². The van der Waals surface area contributed by atoms with Crippen molar-refractivity contribution < 1.29 is 8.78 Å². The zero-order chi connectivity index (χ0) is 12.1. The molecular weight excluding hydrogens is 240 g/mol. The number of benzene rings is 1. The van der Waals surface area contributed by atoms with Gasteiger partial charge in [0.05, 0.1) is 0 Å². The van der Waals surface area contributed by atoms with Crippen LogP contribution in [0.5, 0.6) is 0 Å². The summed E-state index contributed by atoms with van der Waals surface area (Å²) in [6.07, 6.45) is 4.47. The zero-order valence-corrected chi connectivity index (χ0v) is 10.5. The van der Waals surface area contributed by atoms with Gasteiger partial charge in [-0.15, -0.1) is 0 Å². The third-order valence-corrected chi connectivity index (χ3v) is 3.90. The van der Waals surface area contributed by atoms with Crippen LogP contribution in [0, 0.1) is 0 Å². The van der Waals surface area contributed by atoms with Gasteiger partial charge in [-0.2, -0.15) is 8.78 Å². The van der Waals surface area contributed by atoms with Gasteiger partial charge in [-0.1, -0.05) is 36.4 Å². The van der Waals surface area contributed by atoms with Crippen molar-refractivity contribution in [2.75, 3.05) is 6.54 Å². The van der Waals surface area contributed by atoms with Gasteiger partial charge in [0.2, 0.25) is 0 Å². The van der Waals surface area contributed by atoms with Crippen molar-refractivity contribution in [3.05, 3.63) is 29.8 Å². The normalized spacial score (nSPS) is 20.8. The number of nitrogens with one attached hydrogen (secondary N) is 1. The highest BCUT2D eigenvalue weighted by atomic mass is 32.2. The second-order valence-electron chi connectivity index (χ2n) is 4.34. The molecule has 0 radical (unpaired) electrons. The Balaban J connectivity index is 2.03. The SMILES string of the molecule is FC(F)Sc1ccccc1CC1CCCCN1. The van der Waals surface area contributed by atoms with Gasteiger partial charge < -0.3 is 5.32 Å². The summed E-state index contributed by atoms with van der Waals surface area (Å²) in [5.41, 5.74) is 1.04. The Bertz CT molecular complexity index is 351. The first-order chi connectivity index (χ1) is 8.25. The van der Waals surface area contributed by atoms with Crippen molar-refractivity contribution in [2.24, 2.45) is 0 Å². The number of rotatable bonds is 4. The minimum Gasteiger partial charge on any atom is -0.314 e. The Morgan fingerprint density at radius 3 is 2.82 bits per heavy atom. The Morgan fingerprint density at radius 1 is 1.29 bits per heavy atom. The van der Waals surface area contributed by atoms with E-state index in [0.29, 0.717) is 17.8 Å². The molecule has 0 amide bonds. The van der Waals surface area contributed by atoms with Gasteiger partial charge in [0.25, 0.3) is 5.76 Å². The number of thioether (sulfide) groups is 1. The monoisotopic (exact) mass is 257 g/mol. The molecule has 1 aliphatic rings. The molecule has 0 saturated carbocycles. The molecule has 1 unspecified atom stereocenters. The van der Waals surface area contributed by atoms with E-state index in [1.165, 1.54) is 12.8 Å². The minimum absolute atomic E-state index is 0.447. The molecular formula is C13H17F2NS. The van der Waals surface area contributed by atoms with E-state index >= 15 is 0 Å². The first-order valence-corrected chi connectivity index (χ1v) is 6.90. The summed E-state index contributed by atoms with van der Waals surface area (Å²) in [6.45, 7) is 1.05. The van der Waals surface area contributed by atoms with Crippen LogP contribution < -0.4 is 5.32 Å². The molecule has 94 valence electrons. The fourth-order valence-corrected chi connectivity index (χ4v) is 2.90. The number of piperidine rings is 1. The van der Waals surface area contributed by atoms with Crippen molar-refractivity contribution in [1.82, 2.24) is 5.32 Å². The summed E-state index contributed by atoms with van der Waals surface area (Å²) in [5, 5.41) is 3.45. The molecule has 2 rings (SSSR count). The van der Waals surface area contributed by atoms with Crippen LogP contribution in [0.15, 0.2) is 29.2 Å². The summed E-state index contributed by atoms with van der Waals surface area (Å²) in [6, 6.07) is 7.94. The lowest BCUT2D eigenvalue weighted by atomic mass is 9.98. The number of hydrogen-bond donors (Lipinski definition) is 1. The summed E-state index contributed by atoms with van der Waals surface area (Å²) < 4.78 is 24.9. The lowest BCUT2D eigenvalue weighted by Crippen LogP contribution is -2.35. The third-order valence-electron chi connectivity index (χ3n) is 3.07. The molecule has 0 spiro atoms. The van der Waals surface area contributed by atoms with Crippen molar-refractivity contribution in [1.29, 1.82) is 0 Å². The molecule has 1 fully saturated rings. The second-order valence-corrected chi connectivity index (χ2v) is 5.37. The predicted octanol–water partition coefficient (Wildman–Crippen LogP) is 3.69. The van der Waals surface area contributed by atoms with Crippen LogP contribution >= 0.6 is 11.8 Å². The maximum absolute atomic E-state index is 12.4. The molecule has 1 N–H and O–H groups in total. The van der Waals surface area contributed by atoms with E-state index in [1.54, 1.807) is 6.07 Å². The van der Waals surface area contributed by atoms with Gasteiger partial charge in [-0.25, -0.2) is 0 Å². The average molecular weight is 257 g/mol. The van der Waals surface area contributed by atoms with Gasteiger partial charge in [-0.3, -0.25) is 0 Å². The summed E-state index contributed by atoms with van der Waals surface area (Å²) >= 11 is 0.653. The molecule has 1 saturated heterocycles. The summed E-state index contributed by atoms with van der Waals surface area (Å²) in [4.78, 5) is 0.717. The van der Waals surface area contributed by atoms with Gasteiger partial charge in [0, 0.05) is 10.9 Å². The quantitative estimate of drug-likeness (QED) is 0.826. The van der Waals surface area contributed by atoms with Crippen molar-refractivity contribution in [3.63, 3.8) is 0 Å². The lowest BCUT2D eigenvalue weighted by molar-refractivity contribution is 0.252. The van der Waals surface area contributed by atoms with Crippen molar-refractivity contribution in [2.45, 2.75) is 42.4 Å². The minimum atomic E-state index is -2.34. The Kier molecular flexibility index (Phi) is 4.80. The summed E-state index contributed by atoms with van der Waals surface area (Å²) in [5.74, 6) is -2.34. The van der Waals surface area contributed by atoms with Crippen LogP contribution in [0.1, 0.15) is 24.8 Å². The van der Waals surface area contributed by atoms with E-state index in [-0.39, 0.29) is 0 Å². The Morgan fingerprint density at radius 2 is 2.12 bits per heavy atom. The third kappa shape index (κ3) is 3.96. The fraction of sp³-hybridized carbons (Fsp3) is 0.538. The van der Waals surface area contributed by atoms with Gasteiger partial charge >= 0.3 is 0 Å². The highest BCUT2D eigenvalue weighted by molar-refractivity contribution is 7.99. The van der Waals surface area contributed by atoms with E-state index in [0.717, 1.165) is 29.8 Å². The molecule has 1 nitrogen and oxygen atoms in total. The molecule has 4 heteroatoms. The smallest absolute Gasteiger partial charge is 0.288 e. The topological polar surface area (TPSA) is 12.0 Å². The van der Waals surface area contributed by atoms with Crippen LogP contribution in [0.3, 0.4) is 0 Å². The molecule has 0 bridgehead atoms. The molecule has 0 aromatic heterocycles. The number of alkyl halides is 2. The largest absolute Gasteiger partial charge is 0.314 e. The van der Waals surface area contributed by atoms with E-state index in [9.17, 15) is 8.78 Å². The van der Waals surface area contributed by atoms with Crippen molar-refractivity contribution >= 4 is 11.8 Å². The Labute approximate surface area is 105 Å². The molecule has 1 aromatic rings. The second kappa shape index (κ2) is 6.36. The van der Waals surface area contributed by atoms with Gasteiger partial charge in [-0.05, 0) is 37.4 Å². The standard InChI is InChI=1S/C13H17F2NS/c14-13(15)17-12-7-2-1-5-10(12)9-11-6-3-4-8-16-11/h1-2,5,7,11,13,16H,3-4,6,8-9H2. The maximum Gasteiger partial charge on any atom is 0.288 e. The Hall–Kier alpha value is -0.610. The maximum atomic E-state index is 12.4. The molecule has 1 aromatic carbocycles. The van der Waals surface area contributed by atoms with Crippen molar-refractivity contribution in [3.8, 4) is 0 Å². The summed E-state index contributed by atoms with van der Waals surface area (Å²) in [7, 11) is 0. The molecule has 1 heterocycles.